The molecule has 2 heterocycles. The number of carboxylic acids is 1. The molecule has 1 fully saturated rings. The number of hydrogen-bond acceptors (Lipinski definition) is 5. The maximum absolute atomic E-state index is 11.2. The van der Waals surface area contributed by atoms with Gasteiger partial charge >= 0.3 is 5.97 Å². The Morgan fingerprint density at radius 1 is 1.33 bits per heavy atom. The zero-order valence-electron chi connectivity index (χ0n) is 13.2. The average Bonchev–Trinajstić information content (AvgIpc) is 2.49. The molecule has 0 radical (unpaired) electrons. The van der Waals surface area contributed by atoms with Gasteiger partial charge in [-0.3, -0.25) is 24.8 Å². The third kappa shape index (κ3) is 3.41. The Balaban J connectivity index is 1.87. The Kier molecular flexibility index (Phi) is 4.26. The lowest BCUT2D eigenvalue weighted by Gasteiger charge is -2.36. The third-order valence-corrected chi connectivity index (χ3v) is 4.13. The number of nitrogens with zero attached hydrogens (tertiary/aromatic N) is 3. The Hall–Kier alpha value is -2.80. The summed E-state index contributed by atoms with van der Waals surface area (Å²) in [4.78, 5) is 27.8. The largest absolute Gasteiger partial charge is 0.481 e. The second-order valence-corrected chi connectivity index (χ2v) is 6.06. The Bertz CT molecular complexity index is 800. The number of pyridine rings is 1. The van der Waals surface area contributed by atoms with Crippen molar-refractivity contribution in [3.05, 3.63) is 57.9 Å². The van der Waals surface area contributed by atoms with Gasteiger partial charge in [0.05, 0.1) is 10.8 Å². The summed E-state index contributed by atoms with van der Waals surface area (Å²) in [6.07, 6.45) is 1.68. The van der Waals surface area contributed by atoms with E-state index >= 15 is 0 Å². The highest BCUT2D eigenvalue weighted by molar-refractivity contribution is 5.71. The van der Waals surface area contributed by atoms with E-state index < -0.39 is 10.9 Å². The van der Waals surface area contributed by atoms with E-state index in [-0.39, 0.29) is 11.6 Å². The number of aryl methyl sites for hydroxylation is 1. The van der Waals surface area contributed by atoms with Gasteiger partial charge in [0.2, 0.25) is 0 Å². The van der Waals surface area contributed by atoms with Gasteiger partial charge in [-0.2, -0.15) is 0 Å². The van der Waals surface area contributed by atoms with Crippen LogP contribution in [-0.2, 0) is 11.3 Å². The van der Waals surface area contributed by atoms with Crippen molar-refractivity contribution in [2.24, 2.45) is 5.92 Å². The monoisotopic (exact) mass is 327 g/mol. The second-order valence-electron chi connectivity index (χ2n) is 6.06. The van der Waals surface area contributed by atoms with Crippen LogP contribution in [-0.4, -0.2) is 39.0 Å². The number of carbonyl (C=O) groups is 1. The van der Waals surface area contributed by atoms with Crippen molar-refractivity contribution in [1.29, 1.82) is 0 Å². The molecule has 0 aliphatic carbocycles. The van der Waals surface area contributed by atoms with Gasteiger partial charge in [-0.25, -0.2) is 0 Å². The predicted octanol–water partition coefficient (Wildman–Crippen LogP) is 2.48. The maximum atomic E-state index is 11.2. The summed E-state index contributed by atoms with van der Waals surface area (Å²) >= 11 is 0. The highest BCUT2D eigenvalue weighted by atomic mass is 16.6. The van der Waals surface area contributed by atoms with Crippen LogP contribution in [0.2, 0.25) is 0 Å². The first kappa shape index (κ1) is 16.1. The lowest BCUT2D eigenvalue weighted by molar-refractivity contribution is -0.384. The minimum Gasteiger partial charge on any atom is -0.481 e. The average molecular weight is 327 g/mol. The Labute approximate surface area is 138 Å². The number of non-ortho nitro benzene ring substituents is 1. The zero-order valence-corrected chi connectivity index (χ0v) is 13.2. The molecule has 0 bridgehead atoms. The summed E-state index contributed by atoms with van der Waals surface area (Å²) in [5.41, 5.74) is 3.32. The molecule has 0 saturated carbocycles. The van der Waals surface area contributed by atoms with E-state index in [9.17, 15) is 14.9 Å². The topological polar surface area (TPSA) is 96.6 Å². The highest BCUT2D eigenvalue weighted by Crippen LogP contribution is 2.28. The summed E-state index contributed by atoms with van der Waals surface area (Å²) in [5, 5.41) is 20.1. The maximum Gasteiger partial charge on any atom is 0.309 e. The summed E-state index contributed by atoms with van der Waals surface area (Å²) in [6, 6.07) is 8.71. The van der Waals surface area contributed by atoms with E-state index in [1.165, 1.54) is 0 Å². The van der Waals surface area contributed by atoms with Crippen LogP contribution in [0, 0.1) is 23.0 Å². The summed E-state index contributed by atoms with van der Waals surface area (Å²) < 4.78 is 0. The van der Waals surface area contributed by atoms with E-state index in [0.29, 0.717) is 19.6 Å². The van der Waals surface area contributed by atoms with Crippen LogP contribution in [0.25, 0.3) is 11.1 Å². The highest BCUT2D eigenvalue weighted by Gasteiger charge is 2.32. The molecule has 1 saturated heterocycles. The van der Waals surface area contributed by atoms with Gasteiger partial charge in [0.25, 0.3) is 5.69 Å². The number of rotatable bonds is 5. The lowest BCUT2D eigenvalue weighted by Crippen LogP contribution is -2.49. The van der Waals surface area contributed by atoms with Crippen molar-refractivity contribution in [3.63, 3.8) is 0 Å². The number of aromatic nitrogens is 1. The minimum absolute atomic E-state index is 0.0345. The van der Waals surface area contributed by atoms with Gasteiger partial charge in [-0.1, -0.05) is 0 Å². The molecule has 1 aromatic heterocycles. The molecule has 1 aliphatic heterocycles. The molecule has 0 spiro atoms. The van der Waals surface area contributed by atoms with E-state index in [1.54, 1.807) is 18.3 Å². The number of aliphatic carboxylic acids is 1. The summed E-state index contributed by atoms with van der Waals surface area (Å²) in [5.74, 6) is -1.13. The first-order chi connectivity index (χ1) is 11.4. The van der Waals surface area contributed by atoms with E-state index in [1.807, 2.05) is 30.0 Å². The van der Waals surface area contributed by atoms with Crippen LogP contribution < -0.4 is 0 Å². The molecule has 0 atom stereocenters. The van der Waals surface area contributed by atoms with Crippen molar-refractivity contribution < 1.29 is 14.8 Å². The van der Waals surface area contributed by atoms with Crippen LogP contribution in [0.3, 0.4) is 0 Å². The molecule has 124 valence electrons. The quantitative estimate of drug-likeness (QED) is 0.669. The fourth-order valence-corrected chi connectivity index (χ4v) is 2.88. The number of nitro benzene ring substituents is 1. The first-order valence-corrected chi connectivity index (χ1v) is 7.59. The van der Waals surface area contributed by atoms with Gasteiger partial charge in [-0.05, 0) is 41.8 Å². The normalized spacial score (nSPS) is 15.0. The number of nitro groups is 1. The molecular weight excluding hydrogens is 310 g/mol. The number of likely N-dealkylation sites (tertiary alicyclic amines) is 1. The molecular formula is C17H17N3O4. The van der Waals surface area contributed by atoms with Crippen molar-refractivity contribution in [3.8, 4) is 11.1 Å². The zero-order chi connectivity index (χ0) is 17.3. The van der Waals surface area contributed by atoms with Gasteiger partial charge < -0.3 is 5.11 Å². The van der Waals surface area contributed by atoms with Gasteiger partial charge in [0, 0.05) is 43.7 Å². The number of hydrogen-bond donors (Lipinski definition) is 1. The summed E-state index contributed by atoms with van der Waals surface area (Å²) in [7, 11) is 0. The molecule has 1 aliphatic rings. The molecule has 1 N–H and O–H groups in total. The molecule has 24 heavy (non-hydrogen) atoms. The summed E-state index contributed by atoms with van der Waals surface area (Å²) in [6.45, 7) is 3.32. The lowest BCUT2D eigenvalue weighted by atomic mass is 9.98. The van der Waals surface area contributed by atoms with Gasteiger partial charge in [0.1, 0.15) is 0 Å². The van der Waals surface area contributed by atoms with E-state index in [2.05, 4.69) is 4.98 Å². The second kappa shape index (κ2) is 6.37. The molecule has 0 amide bonds. The van der Waals surface area contributed by atoms with E-state index in [4.69, 9.17) is 5.11 Å². The minimum atomic E-state index is -0.793. The van der Waals surface area contributed by atoms with Crippen LogP contribution in [0.4, 0.5) is 5.69 Å². The standard InChI is InChI=1S/C17H17N3O4/c1-11-4-13(2-3-18-11)14-5-12(6-16(7-14)20(23)24)8-19-9-15(10-19)17(21)22/h2-7,15H,8-10H2,1H3,(H,21,22). The van der Waals surface area contributed by atoms with Gasteiger partial charge in [-0.15, -0.1) is 0 Å². The molecule has 7 nitrogen and oxygen atoms in total. The molecule has 2 aromatic rings. The molecule has 3 rings (SSSR count). The van der Waals surface area contributed by atoms with Crippen LogP contribution in [0.1, 0.15) is 11.3 Å². The SMILES string of the molecule is Cc1cc(-c2cc(CN3CC(C(=O)O)C3)cc([N+](=O)[O-])c2)ccn1. The van der Waals surface area contributed by atoms with Crippen molar-refractivity contribution >= 4 is 11.7 Å². The van der Waals surface area contributed by atoms with Gasteiger partial charge in [0.15, 0.2) is 0 Å². The number of carboxylic acid groups (broad SMARTS) is 1. The molecule has 1 aromatic carbocycles. The van der Waals surface area contributed by atoms with Crippen molar-refractivity contribution in [2.45, 2.75) is 13.5 Å². The van der Waals surface area contributed by atoms with Crippen molar-refractivity contribution in [1.82, 2.24) is 9.88 Å². The van der Waals surface area contributed by atoms with Crippen LogP contribution in [0.15, 0.2) is 36.5 Å². The Morgan fingerprint density at radius 2 is 2.08 bits per heavy atom. The Morgan fingerprint density at radius 3 is 2.71 bits per heavy atom. The van der Waals surface area contributed by atoms with E-state index in [0.717, 1.165) is 22.4 Å². The third-order valence-electron chi connectivity index (χ3n) is 4.13. The smallest absolute Gasteiger partial charge is 0.309 e. The first-order valence-electron chi connectivity index (χ1n) is 7.59. The van der Waals surface area contributed by atoms with Crippen LogP contribution in [0.5, 0.6) is 0 Å². The fourth-order valence-electron chi connectivity index (χ4n) is 2.88. The van der Waals surface area contributed by atoms with Crippen molar-refractivity contribution in [2.75, 3.05) is 13.1 Å². The predicted molar refractivity (Wildman–Crippen MR) is 87.5 cm³/mol. The number of benzene rings is 1. The van der Waals surface area contributed by atoms with Crippen LogP contribution >= 0.6 is 0 Å². The molecule has 0 unspecified atom stereocenters. The fraction of sp³-hybridized carbons (Fsp3) is 0.294. The molecule has 7 heteroatoms.